The van der Waals surface area contributed by atoms with Crippen LogP contribution in [0.3, 0.4) is 0 Å². The number of rotatable bonds is 32. The third kappa shape index (κ3) is 34.3. The standard InChI is InChI=1S/C39H68O4/c1-3-5-7-9-11-13-15-17-18-19-20-21-22-23-25-27-29-31-33-35-39(42)43-37(36-38(40)41)34-32-30-28-26-24-16-14-12-10-8-6-4-2/h11,13,17-18,20-21,23,25,37H,3-10,12,14-16,19,22,24,26-36H2,1-2H3,(H,40,41)/b13-11-,18-17-,21-20-,25-23-. The van der Waals surface area contributed by atoms with Crippen molar-refractivity contribution in [2.75, 3.05) is 0 Å². The number of hydrogen-bond acceptors (Lipinski definition) is 3. The number of carbonyl (C=O) groups excluding carboxylic acids is 1. The number of carbonyl (C=O) groups is 2. The Labute approximate surface area is 266 Å². The van der Waals surface area contributed by atoms with Gasteiger partial charge in [0.1, 0.15) is 6.10 Å². The molecule has 0 bridgehead atoms. The second-order valence-electron chi connectivity index (χ2n) is 12.1. The van der Waals surface area contributed by atoms with Crippen molar-refractivity contribution in [1.29, 1.82) is 0 Å². The summed E-state index contributed by atoms with van der Waals surface area (Å²) >= 11 is 0. The number of ether oxygens (including phenoxy) is 1. The van der Waals surface area contributed by atoms with E-state index in [2.05, 4.69) is 62.5 Å². The highest BCUT2D eigenvalue weighted by molar-refractivity contribution is 5.71. The van der Waals surface area contributed by atoms with E-state index in [4.69, 9.17) is 4.74 Å². The van der Waals surface area contributed by atoms with E-state index in [-0.39, 0.29) is 12.4 Å². The minimum absolute atomic E-state index is 0.0875. The Morgan fingerprint density at radius 2 is 0.930 bits per heavy atom. The molecule has 4 nitrogen and oxygen atoms in total. The molecule has 0 rings (SSSR count). The average molecular weight is 601 g/mol. The Morgan fingerprint density at radius 3 is 1.42 bits per heavy atom. The summed E-state index contributed by atoms with van der Waals surface area (Å²) in [7, 11) is 0. The summed E-state index contributed by atoms with van der Waals surface area (Å²) in [5, 5.41) is 9.23. The quantitative estimate of drug-likeness (QED) is 0.0474. The zero-order chi connectivity index (χ0) is 31.5. The van der Waals surface area contributed by atoms with Gasteiger partial charge in [-0.3, -0.25) is 9.59 Å². The largest absolute Gasteiger partial charge is 0.481 e. The van der Waals surface area contributed by atoms with Gasteiger partial charge >= 0.3 is 11.9 Å². The summed E-state index contributed by atoms with van der Waals surface area (Å²) in [6, 6.07) is 0. The molecule has 0 aliphatic rings. The van der Waals surface area contributed by atoms with Gasteiger partial charge in [-0.05, 0) is 64.2 Å². The van der Waals surface area contributed by atoms with Crippen molar-refractivity contribution in [1.82, 2.24) is 0 Å². The molecule has 0 aromatic heterocycles. The van der Waals surface area contributed by atoms with Crippen LogP contribution >= 0.6 is 0 Å². The minimum atomic E-state index is -0.893. The summed E-state index contributed by atoms with van der Waals surface area (Å²) in [4.78, 5) is 23.5. The maximum absolute atomic E-state index is 12.3. The Kier molecular flexibility index (Phi) is 32.7. The molecule has 0 aliphatic carbocycles. The van der Waals surface area contributed by atoms with Crippen LogP contribution in [0.5, 0.6) is 0 Å². The molecule has 0 amide bonds. The van der Waals surface area contributed by atoms with Crippen LogP contribution in [0.4, 0.5) is 0 Å². The van der Waals surface area contributed by atoms with Crippen molar-refractivity contribution in [3.05, 3.63) is 48.6 Å². The molecular weight excluding hydrogens is 532 g/mol. The first kappa shape index (κ1) is 40.9. The molecule has 43 heavy (non-hydrogen) atoms. The number of carboxylic acids is 1. The van der Waals surface area contributed by atoms with Crippen LogP contribution < -0.4 is 0 Å². The van der Waals surface area contributed by atoms with Crippen molar-refractivity contribution in [3.63, 3.8) is 0 Å². The highest BCUT2D eigenvalue weighted by Crippen LogP contribution is 2.16. The van der Waals surface area contributed by atoms with Crippen molar-refractivity contribution in [3.8, 4) is 0 Å². The molecule has 0 aromatic carbocycles. The zero-order valence-corrected chi connectivity index (χ0v) is 28.3. The molecular formula is C39H68O4. The van der Waals surface area contributed by atoms with E-state index >= 15 is 0 Å². The first-order chi connectivity index (χ1) is 21.1. The van der Waals surface area contributed by atoms with Gasteiger partial charge in [-0.25, -0.2) is 0 Å². The smallest absolute Gasteiger partial charge is 0.307 e. The van der Waals surface area contributed by atoms with Gasteiger partial charge in [-0.1, -0.05) is 152 Å². The molecule has 0 saturated carbocycles. The molecule has 248 valence electrons. The van der Waals surface area contributed by atoms with E-state index in [0.717, 1.165) is 57.8 Å². The summed E-state index contributed by atoms with van der Waals surface area (Å²) in [5.74, 6) is -1.14. The van der Waals surface area contributed by atoms with Crippen LogP contribution in [-0.4, -0.2) is 23.1 Å². The second kappa shape index (κ2) is 34.4. The van der Waals surface area contributed by atoms with Crippen LogP contribution in [0.1, 0.15) is 181 Å². The third-order valence-electron chi connectivity index (χ3n) is 7.79. The van der Waals surface area contributed by atoms with Gasteiger partial charge in [0, 0.05) is 6.42 Å². The molecule has 0 aromatic rings. The van der Waals surface area contributed by atoms with Crippen LogP contribution in [0, 0.1) is 0 Å². The van der Waals surface area contributed by atoms with Gasteiger partial charge in [0.05, 0.1) is 6.42 Å². The van der Waals surface area contributed by atoms with Gasteiger partial charge in [0.15, 0.2) is 0 Å². The predicted octanol–water partition coefficient (Wildman–Crippen LogP) is 12.4. The van der Waals surface area contributed by atoms with Gasteiger partial charge in [-0.2, -0.15) is 0 Å². The lowest BCUT2D eigenvalue weighted by atomic mass is 10.0. The van der Waals surface area contributed by atoms with Gasteiger partial charge in [0.25, 0.3) is 0 Å². The summed E-state index contributed by atoms with van der Waals surface area (Å²) < 4.78 is 5.55. The predicted molar refractivity (Wildman–Crippen MR) is 185 cm³/mol. The lowest BCUT2D eigenvalue weighted by Crippen LogP contribution is -2.21. The molecule has 0 saturated heterocycles. The van der Waals surface area contributed by atoms with Crippen LogP contribution in [0.2, 0.25) is 0 Å². The minimum Gasteiger partial charge on any atom is -0.481 e. The molecule has 1 N–H and O–H groups in total. The molecule has 0 aliphatic heterocycles. The van der Waals surface area contributed by atoms with Crippen molar-refractivity contribution in [2.24, 2.45) is 0 Å². The first-order valence-corrected chi connectivity index (χ1v) is 18.1. The van der Waals surface area contributed by atoms with E-state index in [1.54, 1.807) is 0 Å². The molecule has 0 spiro atoms. The van der Waals surface area contributed by atoms with Crippen LogP contribution in [-0.2, 0) is 14.3 Å². The summed E-state index contributed by atoms with van der Waals surface area (Å²) in [6.07, 6.45) is 45.5. The Balaban J connectivity index is 3.77. The van der Waals surface area contributed by atoms with E-state index in [1.807, 2.05) is 0 Å². The number of aliphatic carboxylic acids is 1. The molecule has 4 heteroatoms. The van der Waals surface area contributed by atoms with Crippen LogP contribution in [0.25, 0.3) is 0 Å². The molecule has 0 fully saturated rings. The number of allylic oxidation sites excluding steroid dienone is 8. The normalized spacial score (nSPS) is 12.8. The zero-order valence-electron chi connectivity index (χ0n) is 28.3. The van der Waals surface area contributed by atoms with Gasteiger partial charge in [0.2, 0.25) is 0 Å². The van der Waals surface area contributed by atoms with Crippen molar-refractivity contribution >= 4 is 11.9 Å². The van der Waals surface area contributed by atoms with E-state index < -0.39 is 12.1 Å². The fourth-order valence-electron chi connectivity index (χ4n) is 5.12. The number of unbranched alkanes of at least 4 members (excludes halogenated alkanes) is 17. The van der Waals surface area contributed by atoms with Gasteiger partial charge < -0.3 is 9.84 Å². The maximum Gasteiger partial charge on any atom is 0.307 e. The van der Waals surface area contributed by atoms with E-state index in [0.29, 0.717) is 12.8 Å². The average Bonchev–Trinajstić information content (AvgIpc) is 2.98. The molecule has 0 radical (unpaired) electrons. The van der Waals surface area contributed by atoms with Crippen molar-refractivity contribution < 1.29 is 19.4 Å². The van der Waals surface area contributed by atoms with Gasteiger partial charge in [-0.15, -0.1) is 0 Å². The molecule has 1 unspecified atom stereocenters. The SMILES string of the molecule is CCCCC/C=C\C/C=C\C/C=C\C/C=C\CCCCCC(=O)OC(CCCCCCCCCCCCCC)CC(=O)O. The molecule has 1 atom stereocenters. The Hall–Kier alpha value is -2.10. The summed E-state index contributed by atoms with van der Waals surface area (Å²) in [6.45, 7) is 4.49. The number of hydrogen-bond donors (Lipinski definition) is 1. The third-order valence-corrected chi connectivity index (χ3v) is 7.79. The topological polar surface area (TPSA) is 63.6 Å². The Morgan fingerprint density at radius 1 is 0.535 bits per heavy atom. The maximum atomic E-state index is 12.3. The highest BCUT2D eigenvalue weighted by Gasteiger charge is 2.17. The monoisotopic (exact) mass is 601 g/mol. The summed E-state index contributed by atoms with van der Waals surface area (Å²) in [5.41, 5.74) is 0. The Bertz CT molecular complexity index is 734. The van der Waals surface area contributed by atoms with Crippen molar-refractivity contribution in [2.45, 2.75) is 187 Å². The number of carboxylic acid groups (broad SMARTS) is 1. The molecule has 0 heterocycles. The van der Waals surface area contributed by atoms with E-state index in [1.165, 1.54) is 89.9 Å². The van der Waals surface area contributed by atoms with Crippen LogP contribution in [0.15, 0.2) is 48.6 Å². The number of esters is 1. The van der Waals surface area contributed by atoms with E-state index in [9.17, 15) is 14.7 Å². The first-order valence-electron chi connectivity index (χ1n) is 18.1. The lowest BCUT2D eigenvalue weighted by Gasteiger charge is -2.16. The highest BCUT2D eigenvalue weighted by atomic mass is 16.5. The fourth-order valence-corrected chi connectivity index (χ4v) is 5.12. The lowest BCUT2D eigenvalue weighted by molar-refractivity contribution is -0.153. The second-order valence-corrected chi connectivity index (χ2v) is 12.1. The fraction of sp³-hybridized carbons (Fsp3) is 0.744.